The largest absolute Gasteiger partial charge is 1.00 e. The number of carbonyl (C=O) groups excluding carboxylic acids is 2. The summed E-state index contributed by atoms with van der Waals surface area (Å²) in [6, 6.07) is 15.2. The Kier molecular flexibility index (Phi) is 11.9. The Hall–Kier alpha value is -2.75. The minimum absolute atomic E-state index is 0. The van der Waals surface area contributed by atoms with Gasteiger partial charge in [-0.1, -0.05) is 48.5 Å². The molecule has 3 aromatic rings. The molecule has 0 aliphatic rings. The number of carboxylic acids is 1. The van der Waals surface area contributed by atoms with Crippen LogP contribution in [-0.2, 0) is 4.79 Å². The fraction of sp³-hybridized carbons (Fsp3) is 0.310. The van der Waals surface area contributed by atoms with Gasteiger partial charge in [0.15, 0.2) is 0 Å². The van der Waals surface area contributed by atoms with Gasteiger partial charge in [0, 0.05) is 48.2 Å². The van der Waals surface area contributed by atoms with Crippen molar-refractivity contribution in [1.82, 2.24) is 9.88 Å². The van der Waals surface area contributed by atoms with E-state index in [1.165, 1.54) is 18.2 Å². The molecule has 2 atom stereocenters. The molecular formula is C29H32FN2NaO5. The van der Waals surface area contributed by atoms with Crippen LogP contribution in [0.2, 0.25) is 0 Å². The van der Waals surface area contributed by atoms with Crippen molar-refractivity contribution in [2.45, 2.75) is 51.9 Å². The van der Waals surface area contributed by atoms with Crippen LogP contribution in [0.3, 0.4) is 0 Å². The van der Waals surface area contributed by atoms with E-state index in [1.54, 1.807) is 18.2 Å². The molecule has 7 nitrogen and oxygen atoms in total. The number of halogens is 1. The first-order valence-corrected chi connectivity index (χ1v) is 12.3. The van der Waals surface area contributed by atoms with E-state index in [2.05, 4.69) is 5.32 Å². The third-order valence-electron chi connectivity index (χ3n) is 5.90. The minimum atomic E-state index is -1.41. The van der Waals surface area contributed by atoms with Gasteiger partial charge in [-0.3, -0.25) is 4.79 Å². The van der Waals surface area contributed by atoms with Crippen molar-refractivity contribution in [3.05, 3.63) is 77.9 Å². The predicted octanol–water partition coefficient (Wildman–Crippen LogP) is 0.561. The van der Waals surface area contributed by atoms with Crippen molar-refractivity contribution < 1.29 is 58.9 Å². The summed E-state index contributed by atoms with van der Waals surface area (Å²) in [4.78, 5) is 24.2. The molecular weight excluding hydrogens is 498 g/mol. The van der Waals surface area contributed by atoms with Gasteiger partial charge in [-0.2, -0.15) is 0 Å². The number of nitrogens with one attached hydrogen (secondary N) is 1. The maximum absolute atomic E-state index is 13.8. The van der Waals surface area contributed by atoms with Gasteiger partial charge in [-0.25, -0.2) is 4.39 Å². The Morgan fingerprint density at radius 1 is 1.03 bits per heavy atom. The minimum Gasteiger partial charge on any atom is -0.550 e. The van der Waals surface area contributed by atoms with Crippen molar-refractivity contribution in [3.63, 3.8) is 0 Å². The Morgan fingerprint density at radius 3 is 2.18 bits per heavy atom. The van der Waals surface area contributed by atoms with E-state index in [0.717, 1.165) is 5.56 Å². The number of carbonyl (C=O) groups is 2. The van der Waals surface area contributed by atoms with E-state index in [-0.39, 0.29) is 47.9 Å². The molecule has 3 N–H and O–H groups in total. The average Bonchev–Trinajstić information content (AvgIpc) is 3.19. The molecule has 0 radical (unpaired) electrons. The molecule has 0 unspecified atom stereocenters. The zero-order chi connectivity index (χ0) is 27.1. The summed E-state index contributed by atoms with van der Waals surface area (Å²) in [6.45, 7) is 6.12. The second-order valence-corrected chi connectivity index (χ2v) is 9.07. The number of carboxylic acid groups (broad SMARTS) is 1. The van der Waals surface area contributed by atoms with Gasteiger partial charge in [0.2, 0.25) is 0 Å². The maximum atomic E-state index is 13.8. The molecule has 196 valence electrons. The van der Waals surface area contributed by atoms with E-state index in [4.69, 9.17) is 0 Å². The second-order valence-electron chi connectivity index (χ2n) is 9.07. The van der Waals surface area contributed by atoms with Crippen molar-refractivity contribution in [2.24, 2.45) is 0 Å². The number of rotatable bonds is 11. The molecule has 0 aliphatic carbocycles. The summed E-state index contributed by atoms with van der Waals surface area (Å²) in [5, 5.41) is 34.1. The number of hydrogen-bond acceptors (Lipinski definition) is 5. The first-order chi connectivity index (χ1) is 17.6. The maximum Gasteiger partial charge on any atom is 1.00 e. The van der Waals surface area contributed by atoms with Gasteiger partial charge < -0.3 is 30.0 Å². The Morgan fingerprint density at radius 2 is 1.63 bits per heavy atom. The molecule has 38 heavy (non-hydrogen) atoms. The molecule has 0 saturated carbocycles. The normalized spacial score (nSPS) is 12.8. The van der Waals surface area contributed by atoms with Crippen LogP contribution in [0.4, 0.5) is 4.39 Å². The molecule has 9 heteroatoms. The third-order valence-corrected chi connectivity index (χ3v) is 5.90. The fourth-order valence-corrected chi connectivity index (χ4v) is 4.40. The summed E-state index contributed by atoms with van der Waals surface area (Å²) in [5.74, 6) is -2.08. The molecule has 3 rings (SSSR count). The molecule has 1 aromatic heterocycles. The Balaban J connectivity index is 0.00000507. The third kappa shape index (κ3) is 7.65. The van der Waals surface area contributed by atoms with Crippen LogP contribution in [0.25, 0.3) is 28.3 Å². The van der Waals surface area contributed by atoms with Gasteiger partial charge in [0.05, 0.1) is 12.2 Å². The number of amides is 1. The summed E-state index contributed by atoms with van der Waals surface area (Å²) in [5.41, 5.74) is 3.85. The summed E-state index contributed by atoms with van der Waals surface area (Å²) < 4.78 is 15.7. The van der Waals surface area contributed by atoms with E-state index in [1.807, 2.05) is 55.7 Å². The molecule has 0 bridgehead atoms. The fourth-order valence-electron chi connectivity index (χ4n) is 4.40. The van der Waals surface area contributed by atoms with Crippen LogP contribution in [0.1, 0.15) is 55.8 Å². The number of aliphatic hydroxyl groups excluding tert-OH is 2. The topological polar surface area (TPSA) is 115 Å². The number of aliphatic carboxylic acids is 1. The molecule has 0 fully saturated rings. The first-order valence-electron chi connectivity index (χ1n) is 12.3. The summed E-state index contributed by atoms with van der Waals surface area (Å²) >= 11 is 0. The van der Waals surface area contributed by atoms with Crippen molar-refractivity contribution in [1.29, 1.82) is 0 Å². The zero-order valence-electron chi connectivity index (χ0n) is 22.1. The number of aromatic nitrogens is 1. The standard InChI is InChI=1S/C29H33FN2O5.Na/c1-4-31-29(37)28-27(19-8-6-5-7-9-19)26(20-10-12-21(30)13-11-20)24(32(28)18(2)3)15-14-22(33)16-23(34)17-25(35)36;/h5-15,18,22-23,33-34H,4,16-17H2,1-3H3,(H,31,37)(H,35,36);/q;+1/p-1/b15-14+;/t22-,23-;/m1./s1. The van der Waals surface area contributed by atoms with Crippen LogP contribution in [-0.4, -0.2) is 45.4 Å². The monoisotopic (exact) mass is 530 g/mol. The summed E-state index contributed by atoms with van der Waals surface area (Å²) in [6.07, 6.45) is -0.107. The van der Waals surface area contributed by atoms with Crippen LogP contribution >= 0.6 is 0 Å². The quantitative estimate of drug-likeness (QED) is 0.314. The van der Waals surface area contributed by atoms with Crippen molar-refractivity contribution in [2.75, 3.05) is 6.54 Å². The SMILES string of the molecule is CCNC(=O)c1c(-c2ccccc2)c(-c2ccc(F)cc2)c(/C=C/[C@@H](O)C[C@@H](O)CC(=O)[O-])n1C(C)C.[Na+]. The molecule has 0 spiro atoms. The van der Waals surface area contributed by atoms with Crippen molar-refractivity contribution in [3.8, 4) is 22.3 Å². The van der Waals surface area contributed by atoms with Gasteiger partial charge in [-0.05, 0) is 50.1 Å². The molecule has 0 aliphatic heterocycles. The Labute approximate surface area is 244 Å². The van der Waals surface area contributed by atoms with Gasteiger partial charge >= 0.3 is 29.6 Å². The number of hydrogen-bond donors (Lipinski definition) is 3. The predicted molar refractivity (Wildman–Crippen MR) is 139 cm³/mol. The molecule has 2 aromatic carbocycles. The van der Waals surface area contributed by atoms with Crippen LogP contribution in [0, 0.1) is 5.82 Å². The smallest absolute Gasteiger partial charge is 0.550 e. The average molecular weight is 531 g/mol. The van der Waals surface area contributed by atoms with E-state index in [9.17, 15) is 29.3 Å². The van der Waals surface area contributed by atoms with Gasteiger partial charge in [0.1, 0.15) is 11.5 Å². The molecule has 1 amide bonds. The molecule has 1 heterocycles. The van der Waals surface area contributed by atoms with E-state index >= 15 is 0 Å². The molecule has 0 saturated heterocycles. The second kappa shape index (κ2) is 14.4. The van der Waals surface area contributed by atoms with Crippen LogP contribution < -0.4 is 40.0 Å². The summed E-state index contributed by atoms with van der Waals surface area (Å²) in [7, 11) is 0. The van der Waals surface area contributed by atoms with Crippen LogP contribution in [0.5, 0.6) is 0 Å². The van der Waals surface area contributed by atoms with Gasteiger partial charge in [0.25, 0.3) is 5.91 Å². The first kappa shape index (κ1) is 31.5. The van der Waals surface area contributed by atoms with Crippen molar-refractivity contribution >= 4 is 18.0 Å². The van der Waals surface area contributed by atoms with Gasteiger partial charge in [-0.15, -0.1) is 0 Å². The number of aliphatic hydroxyl groups is 2. The number of benzene rings is 2. The van der Waals surface area contributed by atoms with E-state index < -0.39 is 30.4 Å². The van der Waals surface area contributed by atoms with Crippen LogP contribution in [0.15, 0.2) is 60.7 Å². The Bertz CT molecular complexity index is 1260. The van der Waals surface area contributed by atoms with E-state index in [0.29, 0.717) is 34.6 Å². The zero-order valence-corrected chi connectivity index (χ0v) is 24.1. The number of nitrogens with zero attached hydrogens (tertiary/aromatic N) is 1.